The summed E-state index contributed by atoms with van der Waals surface area (Å²) in [6.07, 6.45) is 0. The molecule has 1 unspecified atom stereocenters. The van der Waals surface area contributed by atoms with Crippen LogP contribution >= 0.6 is 23.2 Å². The van der Waals surface area contributed by atoms with Gasteiger partial charge in [0.25, 0.3) is 0 Å². The summed E-state index contributed by atoms with van der Waals surface area (Å²) < 4.78 is 11.1. The fourth-order valence-electron chi connectivity index (χ4n) is 2.55. The summed E-state index contributed by atoms with van der Waals surface area (Å²) in [4.78, 5) is 0. The van der Waals surface area contributed by atoms with Gasteiger partial charge in [-0.2, -0.15) is 0 Å². The first-order valence-electron chi connectivity index (χ1n) is 6.86. The highest BCUT2D eigenvalue weighted by Gasteiger charge is 2.21. The molecule has 0 saturated carbocycles. The second-order valence-electron chi connectivity index (χ2n) is 5.24. The molecule has 1 heterocycles. The Morgan fingerprint density at radius 2 is 1.62 bits per heavy atom. The summed E-state index contributed by atoms with van der Waals surface area (Å²) >= 11 is 13.0. The predicted molar refractivity (Wildman–Crippen MR) is 86.1 cm³/mol. The normalized spacial score (nSPS) is 14.9. The molecule has 110 valence electrons. The van der Waals surface area contributed by atoms with E-state index in [1.165, 1.54) is 5.56 Å². The molecule has 0 aliphatic carbocycles. The van der Waals surface area contributed by atoms with Crippen LogP contribution in [0.3, 0.4) is 0 Å². The van der Waals surface area contributed by atoms with Gasteiger partial charge in [0.15, 0.2) is 11.5 Å². The number of hydrogen-bond donors (Lipinski definition) is 0. The Morgan fingerprint density at radius 1 is 0.952 bits per heavy atom. The number of halogens is 2. The van der Waals surface area contributed by atoms with Crippen molar-refractivity contribution >= 4 is 23.2 Å². The molecule has 0 spiro atoms. The molecule has 2 aromatic carbocycles. The number of aryl methyl sites for hydroxylation is 2. The van der Waals surface area contributed by atoms with Crippen LogP contribution in [-0.4, -0.2) is 13.2 Å². The van der Waals surface area contributed by atoms with E-state index in [4.69, 9.17) is 32.7 Å². The molecule has 2 aromatic rings. The monoisotopic (exact) mass is 322 g/mol. The van der Waals surface area contributed by atoms with E-state index in [1.807, 2.05) is 6.07 Å². The van der Waals surface area contributed by atoms with E-state index in [-0.39, 0.29) is 5.38 Å². The minimum Gasteiger partial charge on any atom is -0.486 e. The minimum atomic E-state index is -0.311. The lowest BCUT2D eigenvalue weighted by Gasteiger charge is -2.22. The Labute approximate surface area is 134 Å². The summed E-state index contributed by atoms with van der Waals surface area (Å²) in [6.45, 7) is 5.22. The summed E-state index contributed by atoms with van der Waals surface area (Å²) in [5, 5.41) is 0.285. The van der Waals surface area contributed by atoms with E-state index in [2.05, 4.69) is 32.0 Å². The van der Waals surface area contributed by atoms with Crippen LogP contribution in [0.4, 0.5) is 0 Å². The van der Waals surface area contributed by atoms with E-state index in [1.54, 1.807) is 6.07 Å². The van der Waals surface area contributed by atoms with Gasteiger partial charge in [-0.25, -0.2) is 0 Å². The number of fused-ring (bicyclic) bond motifs is 1. The van der Waals surface area contributed by atoms with Crippen LogP contribution < -0.4 is 9.47 Å². The van der Waals surface area contributed by atoms with Crippen LogP contribution in [0, 0.1) is 13.8 Å². The van der Waals surface area contributed by atoms with E-state index in [0.717, 1.165) is 16.7 Å². The summed E-state index contributed by atoms with van der Waals surface area (Å²) in [7, 11) is 0. The van der Waals surface area contributed by atoms with Crippen molar-refractivity contribution in [1.82, 2.24) is 0 Å². The van der Waals surface area contributed by atoms with Crippen molar-refractivity contribution in [3.8, 4) is 11.5 Å². The molecule has 2 nitrogen and oxygen atoms in total. The van der Waals surface area contributed by atoms with Crippen LogP contribution in [0.15, 0.2) is 30.3 Å². The molecule has 21 heavy (non-hydrogen) atoms. The topological polar surface area (TPSA) is 18.5 Å². The quantitative estimate of drug-likeness (QED) is 0.720. The van der Waals surface area contributed by atoms with Gasteiger partial charge in [0.05, 0.1) is 5.38 Å². The Bertz CT molecular complexity index is 683. The van der Waals surface area contributed by atoms with Crippen molar-refractivity contribution in [2.24, 2.45) is 0 Å². The zero-order valence-electron chi connectivity index (χ0n) is 12.0. The third-order valence-electron chi connectivity index (χ3n) is 3.63. The lowest BCUT2D eigenvalue weighted by Crippen LogP contribution is -2.15. The fraction of sp³-hybridized carbons (Fsp3) is 0.294. The molecule has 1 aliphatic rings. The summed E-state index contributed by atoms with van der Waals surface area (Å²) in [5.74, 6) is 1.38. The number of ether oxygens (including phenoxy) is 2. The maximum atomic E-state index is 6.66. The lowest BCUT2D eigenvalue weighted by molar-refractivity contribution is 0.171. The molecule has 4 heteroatoms. The smallest absolute Gasteiger partial charge is 0.162 e. The predicted octanol–water partition coefficient (Wildman–Crippen LogP) is 5.06. The molecule has 0 N–H and O–H groups in total. The molecule has 1 atom stereocenters. The van der Waals surface area contributed by atoms with Gasteiger partial charge in [-0.1, -0.05) is 35.4 Å². The SMILES string of the molecule is Cc1ccc(C(Cl)c2cc3c(cc2Cl)OCCO3)c(C)c1. The van der Waals surface area contributed by atoms with Crippen molar-refractivity contribution in [3.05, 3.63) is 57.6 Å². The number of hydrogen-bond acceptors (Lipinski definition) is 2. The van der Waals surface area contributed by atoms with Crippen molar-refractivity contribution in [2.45, 2.75) is 19.2 Å². The molecular formula is C17H16Cl2O2. The molecule has 0 saturated heterocycles. The lowest BCUT2D eigenvalue weighted by atomic mass is 9.98. The van der Waals surface area contributed by atoms with Gasteiger partial charge in [-0.15, -0.1) is 11.6 Å². The van der Waals surface area contributed by atoms with Crippen LogP contribution in [0.1, 0.15) is 27.6 Å². The first-order valence-corrected chi connectivity index (χ1v) is 7.68. The van der Waals surface area contributed by atoms with Crippen LogP contribution in [0.25, 0.3) is 0 Å². The van der Waals surface area contributed by atoms with Crippen LogP contribution in [0.5, 0.6) is 11.5 Å². The second kappa shape index (κ2) is 5.78. The molecule has 0 bridgehead atoms. The van der Waals surface area contributed by atoms with Gasteiger partial charge in [0.2, 0.25) is 0 Å². The third kappa shape index (κ3) is 2.83. The largest absolute Gasteiger partial charge is 0.486 e. The molecule has 0 fully saturated rings. The maximum Gasteiger partial charge on any atom is 0.162 e. The highest BCUT2D eigenvalue weighted by atomic mass is 35.5. The maximum absolute atomic E-state index is 6.66. The summed E-state index contributed by atoms with van der Waals surface area (Å²) in [6, 6.07) is 9.90. The molecule has 0 aromatic heterocycles. The molecule has 3 rings (SSSR count). The Balaban J connectivity index is 2.03. The number of alkyl halides is 1. The van der Waals surface area contributed by atoms with Gasteiger partial charge in [-0.05, 0) is 36.6 Å². The first kappa shape index (κ1) is 14.6. The van der Waals surface area contributed by atoms with Gasteiger partial charge in [0.1, 0.15) is 13.2 Å². The average Bonchev–Trinajstić information content (AvgIpc) is 2.46. The third-order valence-corrected chi connectivity index (χ3v) is 4.43. The fourth-order valence-corrected chi connectivity index (χ4v) is 3.30. The van der Waals surface area contributed by atoms with Gasteiger partial charge in [0, 0.05) is 11.1 Å². The van der Waals surface area contributed by atoms with Crippen LogP contribution in [-0.2, 0) is 0 Å². The van der Waals surface area contributed by atoms with E-state index in [0.29, 0.717) is 29.7 Å². The van der Waals surface area contributed by atoms with E-state index >= 15 is 0 Å². The average molecular weight is 323 g/mol. The highest BCUT2D eigenvalue weighted by Crippen LogP contribution is 2.42. The first-order chi connectivity index (χ1) is 10.1. The minimum absolute atomic E-state index is 0.311. The number of benzene rings is 2. The van der Waals surface area contributed by atoms with Gasteiger partial charge in [-0.3, -0.25) is 0 Å². The highest BCUT2D eigenvalue weighted by molar-refractivity contribution is 6.33. The standard InChI is InChI=1S/C17H16Cl2O2/c1-10-3-4-12(11(2)7-10)17(19)13-8-15-16(9-14(13)18)21-6-5-20-15/h3-4,7-9,17H,5-6H2,1-2H3. The molecule has 1 aliphatic heterocycles. The Hall–Kier alpha value is -1.38. The van der Waals surface area contributed by atoms with Crippen molar-refractivity contribution in [2.75, 3.05) is 13.2 Å². The van der Waals surface area contributed by atoms with Crippen molar-refractivity contribution in [3.63, 3.8) is 0 Å². The van der Waals surface area contributed by atoms with E-state index < -0.39 is 0 Å². The van der Waals surface area contributed by atoms with Gasteiger partial charge < -0.3 is 9.47 Å². The molecule has 0 amide bonds. The second-order valence-corrected chi connectivity index (χ2v) is 6.08. The Kier molecular flexibility index (Phi) is 4.01. The van der Waals surface area contributed by atoms with Crippen molar-refractivity contribution in [1.29, 1.82) is 0 Å². The van der Waals surface area contributed by atoms with Crippen LogP contribution in [0.2, 0.25) is 5.02 Å². The summed E-state index contributed by atoms with van der Waals surface area (Å²) in [5.41, 5.74) is 4.27. The Morgan fingerprint density at radius 3 is 2.29 bits per heavy atom. The van der Waals surface area contributed by atoms with Gasteiger partial charge >= 0.3 is 0 Å². The van der Waals surface area contributed by atoms with Crippen molar-refractivity contribution < 1.29 is 9.47 Å². The van der Waals surface area contributed by atoms with E-state index in [9.17, 15) is 0 Å². The molecule has 0 radical (unpaired) electrons. The zero-order chi connectivity index (χ0) is 15.0. The zero-order valence-corrected chi connectivity index (χ0v) is 13.5. The number of rotatable bonds is 2. The molecular weight excluding hydrogens is 307 g/mol.